The fraction of sp³-hybridized carbons (Fsp3) is 0.917. The van der Waals surface area contributed by atoms with Crippen LogP contribution in [0.3, 0.4) is 0 Å². The highest BCUT2D eigenvalue weighted by molar-refractivity contribution is 7.86. The molecule has 16 unspecified atom stereocenters. The first-order valence-electron chi connectivity index (χ1n) is 12.6. The topological polar surface area (TPSA) is 86.7 Å². The summed E-state index contributed by atoms with van der Waals surface area (Å²) in [6.45, 7) is 0. The van der Waals surface area contributed by atoms with Gasteiger partial charge < -0.3 is 0 Å². The standard InChI is InChI=1S/C24H32O6S2/c1-31(25,26)29-23-15-8-16(24(23)30-32(2,27)28)22-14-7-13(21(15)22)19-11-6-12(20(14)19)18-10-4-3-9(5-10)17(11)18/h3-4,9-24H,5-8H2,1-2H3. The highest BCUT2D eigenvalue weighted by Crippen LogP contribution is 2.80. The van der Waals surface area contributed by atoms with Crippen LogP contribution < -0.4 is 0 Å². The molecule has 0 aromatic heterocycles. The molecule has 0 spiro atoms. The van der Waals surface area contributed by atoms with Crippen LogP contribution >= 0.6 is 0 Å². The van der Waals surface area contributed by atoms with Gasteiger partial charge in [-0.25, -0.2) is 0 Å². The van der Waals surface area contributed by atoms with E-state index in [9.17, 15) is 16.8 Å². The van der Waals surface area contributed by atoms with Gasteiger partial charge in [0, 0.05) is 0 Å². The minimum Gasteiger partial charge on any atom is -0.264 e. The second kappa shape index (κ2) is 5.85. The molecule has 0 N–H and O–H groups in total. The number of hydrogen-bond acceptors (Lipinski definition) is 6. The van der Waals surface area contributed by atoms with Crippen LogP contribution in [-0.2, 0) is 28.6 Å². The maximum absolute atomic E-state index is 12.1. The van der Waals surface area contributed by atoms with Crippen molar-refractivity contribution in [2.75, 3.05) is 12.5 Å². The van der Waals surface area contributed by atoms with Gasteiger partial charge in [-0.2, -0.15) is 16.8 Å². The fourth-order valence-corrected chi connectivity index (χ4v) is 13.4. The van der Waals surface area contributed by atoms with E-state index in [0.717, 1.165) is 66.3 Å². The summed E-state index contributed by atoms with van der Waals surface area (Å²) in [5, 5.41) is 0. The zero-order chi connectivity index (χ0) is 21.9. The molecule has 0 aliphatic heterocycles. The van der Waals surface area contributed by atoms with Gasteiger partial charge in [-0.1, -0.05) is 12.2 Å². The molecule has 8 rings (SSSR count). The van der Waals surface area contributed by atoms with Crippen molar-refractivity contribution in [1.82, 2.24) is 0 Å². The average Bonchev–Trinajstić information content (AvgIpc) is 3.46. The van der Waals surface area contributed by atoms with E-state index in [1.807, 2.05) is 0 Å². The lowest BCUT2D eigenvalue weighted by Gasteiger charge is -2.51. The van der Waals surface area contributed by atoms with E-state index >= 15 is 0 Å². The third-order valence-electron chi connectivity index (χ3n) is 11.8. The molecule has 0 saturated heterocycles. The first-order chi connectivity index (χ1) is 15.1. The van der Waals surface area contributed by atoms with Gasteiger partial charge >= 0.3 is 0 Å². The minimum absolute atomic E-state index is 0.109. The number of hydrogen-bond donors (Lipinski definition) is 0. The van der Waals surface area contributed by atoms with E-state index in [4.69, 9.17) is 8.37 Å². The van der Waals surface area contributed by atoms with Crippen molar-refractivity contribution in [3.63, 3.8) is 0 Å². The molecule has 7 fully saturated rings. The molecule has 8 aliphatic rings. The Balaban J connectivity index is 1.16. The van der Waals surface area contributed by atoms with Gasteiger partial charge in [0.2, 0.25) is 0 Å². The summed E-state index contributed by atoms with van der Waals surface area (Å²) >= 11 is 0. The van der Waals surface area contributed by atoms with Gasteiger partial charge in [0.15, 0.2) is 0 Å². The minimum atomic E-state index is -3.69. The number of fused-ring (bicyclic) bond motifs is 23. The Morgan fingerprint density at radius 3 is 1.28 bits per heavy atom. The van der Waals surface area contributed by atoms with Crippen molar-refractivity contribution >= 4 is 20.2 Å². The quantitative estimate of drug-likeness (QED) is 0.349. The lowest BCUT2D eigenvalue weighted by Crippen LogP contribution is -2.52. The Bertz CT molecular complexity index is 1050. The van der Waals surface area contributed by atoms with E-state index in [2.05, 4.69) is 12.2 Å². The van der Waals surface area contributed by atoms with Gasteiger partial charge in [0.1, 0.15) is 12.2 Å². The molecular formula is C24H32O6S2. The van der Waals surface area contributed by atoms with Crippen molar-refractivity contribution in [3.05, 3.63) is 12.2 Å². The summed E-state index contributed by atoms with van der Waals surface area (Å²) in [4.78, 5) is 0. The summed E-state index contributed by atoms with van der Waals surface area (Å²) < 4.78 is 59.4. The molecule has 0 heterocycles. The van der Waals surface area contributed by atoms with Crippen molar-refractivity contribution in [2.24, 2.45) is 82.9 Å². The van der Waals surface area contributed by atoms with E-state index in [-0.39, 0.29) is 11.8 Å². The Morgan fingerprint density at radius 2 is 0.875 bits per heavy atom. The van der Waals surface area contributed by atoms with Crippen LogP contribution in [0.1, 0.15) is 25.7 Å². The van der Waals surface area contributed by atoms with Crippen LogP contribution in [0.15, 0.2) is 12.2 Å². The molecule has 0 aromatic carbocycles. The van der Waals surface area contributed by atoms with Gasteiger partial charge in [0.05, 0.1) is 12.5 Å². The summed E-state index contributed by atoms with van der Waals surface area (Å²) in [5.41, 5.74) is 0. The zero-order valence-corrected chi connectivity index (χ0v) is 20.1. The van der Waals surface area contributed by atoms with Crippen molar-refractivity contribution in [1.29, 1.82) is 0 Å². The number of rotatable bonds is 4. The monoisotopic (exact) mass is 480 g/mol. The van der Waals surface area contributed by atoms with Crippen molar-refractivity contribution in [2.45, 2.75) is 37.9 Å². The molecular weight excluding hydrogens is 448 g/mol. The predicted octanol–water partition coefficient (Wildman–Crippen LogP) is 2.53. The molecule has 0 radical (unpaired) electrons. The Morgan fingerprint density at radius 1 is 0.531 bits per heavy atom. The van der Waals surface area contributed by atoms with Gasteiger partial charge in [-0.3, -0.25) is 8.37 Å². The molecule has 7 saturated carbocycles. The second-order valence-corrected chi connectivity index (χ2v) is 15.8. The molecule has 6 nitrogen and oxygen atoms in total. The van der Waals surface area contributed by atoms with Crippen molar-refractivity contribution in [3.8, 4) is 0 Å². The average molecular weight is 481 g/mol. The van der Waals surface area contributed by atoms with Crippen LogP contribution in [0.25, 0.3) is 0 Å². The SMILES string of the molecule is CS(=O)(=O)OC1C2CC(C1OS(C)(=O)=O)C1C3CC(C21)C1C2CC(C4C5C=CC(C5)C24)C31. The Hall–Kier alpha value is -0.440. The Kier molecular flexibility index (Phi) is 3.62. The van der Waals surface area contributed by atoms with Crippen molar-refractivity contribution < 1.29 is 25.2 Å². The first-order valence-corrected chi connectivity index (χ1v) is 16.2. The normalized spacial score (nSPS) is 62.2. The molecule has 32 heavy (non-hydrogen) atoms. The Labute approximate surface area is 190 Å². The van der Waals surface area contributed by atoms with Crippen LogP contribution in [0.4, 0.5) is 0 Å². The van der Waals surface area contributed by atoms with E-state index in [1.54, 1.807) is 0 Å². The maximum Gasteiger partial charge on any atom is 0.264 e. The smallest absolute Gasteiger partial charge is 0.264 e. The van der Waals surface area contributed by atoms with Gasteiger partial charge in [-0.15, -0.1) is 0 Å². The second-order valence-electron chi connectivity index (χ2n) is 12.6. The van der Waals surface area contributed by atoms with Crippen LogP contribution in [0, 0.1) is 82.9 Å². The van der Waals surface area contributed by atoms with Gasteiger partial charge in [0.25, 0.3) is 20.2 Å². The third-order valence-corrected chi connectivity index (χ3v) is 12.9. The van der Waals surface area contributed by atoms with E-state index in [0.29, 0.717) is 23.7 Å². The van der Waals surface area contributed by atoms with E-state index in [1.165, 1.54) is 19.3 Å². The summed E-state index contributed by atoms with van der Waals surface area (Å²) in [5.74, 6) is 9.32. The fourth-order valence-electron chi connectivity index (χ4n) is 12.0. The molecule has 176 valence electrons. The molecule has 8 bridgehead atoms. The van der Waals surface area contributed by atoms with Crippen LogP contribution in [-0.4, -0.2) is 41.6 Å². The van der Waals surface area contributed by atoms with Gasteiger partial charge in [-0.05, 0) is 109 Å². The maximum atomic E-state index is 12.1. The largest absolute Gasteiger partial charge is 0.264 e. The summed E-state index contributed by atoms with van der Waals surface area (Å²) in [7, 11) is -7.37. The van der Waals surface area contributed by atoms with E-state index < -0.39 is 32.4 Å². The highest BCUT2D eigenvalue weighted by atomic mass is 32.2. The summed E-state index contributed by atoms with van der Waals surface area (Å²) in [6.07, 6.45) is 10.8. The molecule has 0 amide bonds. The van der Waals surface area contributed by atoms with Crippen LogP contribution in [0.2, 0.25) is 0 Å². The van der Waals surface area contributed by atoms with Crippen LogP contribution in [0.5, 0.6) is 0 Å². The zero-order valence-electron chi connectivity index (χ0n) is 18.5. The predicted molar refractivity (Wildman–Crippen MR) is 116 cm³/mol. The lowest BCUT2D eigenvalue weighted by atomic mass is 9.55. The molecule has 8 aliphatic carbocycles. The lowest BCUT2D eigenvalue weighted by molar-refractivity contribution is -0.0792. The first kappa shape index (κ1) is 19.8. The molecule has 0 aromatic rings. The number of allylic oxidation sites excluding steroid dienone is 2. The molecule has 8 heteroatoms. The summed E-state index contributed by atoms with van der Waals surface area (Å²) in [6, 6.07) is 0. The highest BCUT2D eigenvalue weighted by Gasteiger charge is 2.77. The third kappa shape index (κ3) is 2.29. The molecule has 16 atom stereocenters.